The molecule has 17 heavy (non-hydrogen) atoms. The molecule has 0 radical (unpaired) electrons. The predicted octanol–water partition coefficient (Wildman–Crippen LogP) is -3.78. The quantitative estimate of drug-likeness (QED) is 0.318. The normalized spacial score (nSPS) is 41.8. The highest BCUT2D eigenvalue weighted by Crippen LogP contribution is 2.24. The van der Waals surface area contributed by atoms with Crippen LogP contribution in [0.4, 0.5) is 4.79 Å². The molecule has 0 aliphatic carbocycles. The summed E-state index contributed by atoms with van der Waals surface area (Å²) < 4.78 is 5.13. The second kappa shape index (κ2) is 4.56. The van der Waals surface area contributed by atoms with E-state index in [2.05, 4.69) is 0 Å². The lowest BCUT2D eigenvalue weighted by molar-refractivity contribution is -0.834. The van der Waals surface area contributed by atoms with Crippen LogP contribution in [0.5, 0.6) is 0 Å². The van der Waals surface area contributed by atoms with Crippen molar-refractivity contribution in [2.24, 2.45) is 0 Å². The van der Waals surface area contributed by atoms with Crippen LogP contribution in [0, 0.1) is 5.21 Å². The standard InChI is InChI=1S/C8H13N3O6/c12-3-4-5(13)6(14)7(17-4)10-1-2-11(16)9-8(10)15/h1-2,4-7,11-14H,3H2,(H,9,15)/t4-,5+,6+,7+/m0/s1. The number of rotatable bonds is 2. The Balaban J connectivity index is 2.13. The first-order valence-electron chi connectivity index (χ1n) is 4.98. The van der Waals surface area contributed by atoms with E-state index in [9.17, 15) is 20.2 Å². The lowest BCUT2D eigenvalue weighted by Crippen LogP contribution is -3.12. The summed E-state index contributed by atoms with van der Waals surface area (Å²) >= 11 is 0. The minimum Gasteiger partial charge on any atom is -0.603 e. The van der Waals surface area contributed by atoms with Crippen LogP contribution in [0.2, 0.25) is 0 Å². The number of amides is 2. The van der Waals surface area contributed by atoms with Gasteiger partial charge in [-0.15, -0.1) is 0 Å². The summed E-state index contributed by atoms with van der Waals surface area (Å²) in [6.07, 6.45) is -2.49. The summed E-state index contributed by atoms with van der Waals surface area (Å²) in [5.41, 5.74) is 2.00. The van der Waals surface area contributed by atoms with E-state index in [-0.39, 0.29) is 0 Å². The van der Waals surface area contributed by atoms with Crippen LogP contribution in [-0.4, -0.2) is 57.4 Å². The number of aliphatic hydroxyl groups is 3. The lowest BCUT2D eigenvalue weighted by Gasteiger charge is -2.32. The van der Waals surface area contributed by atoms with Crippen LogP contribution in [0.25, 0.3) is 0 Å². The van der Waals surface area contributed by atoms with E-state index in [1.54, 1.807) is 0 Å². The maximum absolute atomic E-state index is 11.4. The van der Waals surface area contributed by atoms with Crippen molar-refractivity contribution < 1.29 is 30.0 Å². The topological polar surface area (TPSA) is 130 Å². The zero-order valence-corrected chi connectivity index (χ0v) is 8.68. The molecule has 1 saturated heterocycles. The van der Waals surface area contributed by atoms with E-state index in [4.69, 9.17) is 9.84 Å². The van der Waals surface area contributed by atoms with Gasteiger partial charge in [-0.3, -0.25) is 4.90 Å². The fourth-order valence-electron chi connectivity index (χ4n) is 1.74. The number of nitrogens with one attached hydrogen (secondary N) is 2. The van der Waals surface area contributed by atoms with Crippen molar-refractivity contribution in [2.75, 3.05) is 6.61 Å². The van der Waals surface area contributed by atoms with Gasteiger partial charge < -0.3 is 25.3 Å². The molecule has 0 saturated carbocycles. The number of hydroxylamine groups is 1. The van der Waals surface area contributed by atoms with Gasteiger partial charge in [-0.1, -0.05) is 0 Å². The zero-order chi connectivity index (χ0) is 12.6. The van der Waals surface area contributed by atoms with Gasteiger partial charge in [0.1, 0.15) is 24.5 Å². The van der Waals surface area contributed by atoms with Crippen molar-refractivity contribution >= 4 is 6.03 Å². The van der Waals surface area contributed by atoms with Gasteiger partial charge >= 0.3 is 6.03 Å². The molecule has 0 aromatic rings. The fourth-order valence-corrected chi connectivity index (χ4v) is 1.74. The molecule has 0 bridgehead atoms. The molecule has 1 fully saturated rings. The summed E-state index contributed by atoms with van der Waals surface area (Å²) in [5, 5.41) is 38.4. The van der Waals surface area contributed by atoms with E-state index in [1.807, 2.05) is 5.43 Å². The van der Waals surface area contributed by atoms with Gasteiger partial charge in [0.15, 0.2) is 6.23 Å². The summed E-state index contributed by atoms with van der Waals surface area (Å²) in [6, 6.07) is -0.757. The molecule has 2 amide bonds. The molecule has 2 aliphatic rings. The second-order valence-corrected chi connectivity index (χ2v) is 3.75. The molecular formula is C8H13N3O6. The average molecular weight is 247 g/mol. The molecule has 0 aromatic heterocycles. The largest absolute Gasteiger partial charge is 0.603 e. The predicted molar refractivity (Wildman–Crippen MR) is 51.6 cm³/mol. The molecule has 0 spiro atoms. The Morgan fingerprint density at radius 3 is 2.76 bits per heavy atom. The van der Waals surface area contributed by atoms with Crippen molar-refractivity contribution in [3.63, 3.8) is 0 Å². The van der Waals surface area contributed by atoms with Gasteiger partial charge in [0, 0.05) is 0 Å². The number of ether oxygens (including phenoxy) is 1. The monoisotopic (exact) mass is 247 g/mol. The Bertz CT molecular complexity index is 337. The maximum Gasteiger partial charge on any atom is 0.368 e. The van der Waals surface area contributed by atoms with Crippen LogP contribution >= 0.6 is 0 Å². The van der Waals surface area contributed by atoms with E-state index in [0.717, 1.165) is 17.3 Å². The van der Waals surface area contributed by atoms with Crippen molar-refractivity contribution in [3.8, 4) is 0 Å². The summed E-state index contributed by atoms with van der Waals surface area (Å²) in [5.74, 6) is 0. The van der Waals surface area contributed by atoms with Crippen LogP contribution in [0.1, 0.15) is 0 Å². The highest BCUT2D eigenvalue weighted by molar-refractivity contribution is 5.74. The molecular weight excluding hydrogens is 234 g/mol. The van der Waals surface area contributed by atoms with Gasteiger partial charge in [-0.25, -0.2) is 9.97 Å². The van der Waals surface area contributed by atoms with Crippen molar-refractivity contribution in [1.82, 2.24) is 10.3 Å². The number of carbonyl (C=O) groups excluding carboxylic acids is 1. The number of urea groups is 1. The molecule has 2 heterocycles. The van der Waals surface area contributed by atoms with Gasteiger partial charge in [0.2, 0.25) is 0 Å². The maximum atomic E-state index is 11.4. The van der Waals surface area contributed by atoms with Crippen molar-refractivity contribution in [3.05, 3.63) is 17.6 Å². The third kappa shape index (κ3) is 2.11. The first kappa shape index (κ1) is 12.2. The smallest absolute Gasteiger partial charge is 0.368 e. The van der Waals surface area contributed by atoms with Crippen LogP contribution in [0.15, 0.2) is 12.4 Å². The van der Waals surface area contributed by atoms with E-state index in [0.29, 0.717) is 0 Å². The Morgan fingerprint density at radius 1 is 1.53 bits per heavy atom. The van der Waals surface area contributed by atoms with Crippen molar-refractivity contribution in [1.29, 1.82) is 0 Å². The van der Waals surface area contributed by atoms with E-state index < -0.39 is 42.4 Å². The first-order valence-corrected chi connectivity index (χ1v) is 4.98. The van der Waals surface area contributed by atoms with Crippen LogP contribution in [-0.2, 0) is 4.74 Å². The molecule has 5 atom stereocenters. The molecule has 9 heteroatoms. The van der Waals surface area contributed by atoms with E-state index in [1.165, 1.54) is 0 Å². The van der Waals surface area contributed by atoms with Crippen LogP contribution in [0.3, 0.4) is 0 Å². The Hall–Kier alpha value is -1.23. The summed E-state index contributed by atoms with van der Waals surface area (Å²) in [4.78, 5) is 12.4. The lowest BCUT2D eigenvalue weighted by atomic mass is 10.1. The SMILES string of the molecule is O=C1N[NH+]([O-])C=CN1[C@@H]1O[C@@H](CO)[C@@H](O)[C@H]1O. The van der Waals surface area contributed by atoms with Crippen molar-refractivity contribution in [2.45, 2.75) is 24.5 Å². The minimum absolute atomic E-state index is 0.479. The minimum atomic E-state index is -1.35. The average Bonchev–Trinajstić information content (AvgIpc) is 2.57. The van der Waals surface area contributed by atoms with E-state index >= 15 is 0 Å². The third-order valence-electron chi connectivity index (χ3n) is 2.64. The Morgan fingerprint density at radius 2 is 2.24 bits per heavy atom. The molecule has 2 aliphatic heterocycles. The molecule has 0 aromatic carbocycles. The van der Waals surface area contributed by atoms with Gasteiger partial charge in [0.05, 0.1) is 12.8 Å². The number of aliphatic hydroxyl groups excluding tert-OH is 3. The molecule has 2 rings (SSSR count). The Labute approximate surface area is 96.0 Å². The van der Waals surface area contributed by atoms with Gasteiger partial charge in [-0.05, 0) is 0 Å². The second-order valence-electron chi connectivity index (χ2n) is 3.75. The first-order chi connectivity index (χ1) is 8.04. The number of carbonyl (C=O) groups is 1. The van der Waals surface area contributed by atoms with Crippen LogP contribution < -0.4 is 10.6 Å². The number of nitrogens with zero attached hydrogens (tertiary/aromatic N) is 1. The molecule has 5 N–H and O–H groups in total. The number of quaternary nitrogens is 1. The zero-order valence-electron chi connectivity index (χ0n) is 8.68. The third-order valence-corrected chi connectivity index (χ3v) is 2.64. The van der Waals surface area contributed by atoms with Gasteiger partial charge in [0.25, 0.3) is 0 Å². The number of hydrogen-bond acceptors (Lipinski definition) is 6. The summed E-state index contributed by atoms with van der Waals surface area (Å²) in [7, 11) is 0. The molecule has 1 unspecified atom stereocenters. The molecule has 9 nitrogen and oxygen atoms in total. The highest BCUT2D eigenvalue weighted by Gasteiger charge is 2.47. The molecule has 96 valence electrons. The van der Waals surface area contributed by atoms with Gasteiger partial charge in [-0.2, -0.15) is 5.43 Å². The Kier molecular flexibility index (Phi) is 3.28. The number of hydrogen-bond donors (Lipinski definition) is 5. The highest BCUT2D eigenvalue weighted by atomic mass is 16.6. The summed E-state index contributed by atoms with van der Waals surface area (Å²) in [6.45, 7) is -0.479. The fraction of sp³-hybridized carbons (Fsp3) is 0.625.